The smallest absolute Gasteiger partial charge is 0.255 e. The van der Waals surface area contributed by atoms with Crippen LogP contribution in [0.3, 0.4) is 0 Å². The summed E-state index contributed by atoms with van der Waals surface area (Å²) in [6.45, 7) is 3.20. The zero-order valence-corrected chi connectivity index (χ0v) is 14.5. The van der Waals surface area contributed by atoms with E-state index in [2.05, 4.69) is 30.4 Å². The number of aryl methyl sites for hydroxylation is 1. The minimum Gasteiger partial charge on any atom is -0.493 e. The molecule has 3 N–H and O–H groups in total. The van der Waals surface area contributed by atoms with E-state index in [0.717, 1.165) is 12.1 Å². The lowest BCUT2D eigenvalue weighted by molar-refractivity contribution is -0.119. The van der Waals surface area contributed by atoms with E-state index < -0.39 is 5.91 Å². The van der Waals surface area contributed by atoms with E-state index in [-0.39, 0.29) is 6.61 Å². The van der Waals surface area contributed by atoms with Gasteiger partial charge < -0.3 is 20.5 Å². The molecule has 24 heavy (non-hydrogen) atoms. The zero-order chi connectivity index (χ0) is 17.5. The number of hydrogen-bond acceptors (Lipinski definition) is 4. The second-order valence-corrected chi connectivity index (χ2v) is 5.86. The van der Waals surface area contributed by atoms with Crippen LogP contribution in [0.5, 0.6) is 11.5 Å². The van der Waals surface area contributed by atoms with Crippen LogP contribution in [0.25, 0.3) is 0 Å². The van der Waals surface area contributed by atoms with E-state index in [1.165, 1.54) is 18.2 Å². The Labute approximate surface area is 146 Å². The number of carbonyl (C=O) groups excluding carboxylic acids is 1. The molecular formula is C18H21ClN2O3. The van der Waals surface area contributed by atoms with Gasteiger partial charge in [-0.2, -0.15) is 0 Å². The minimum atomic E-state index is -0.572. The molecule has 0 radical (unpaired) electrons. The van der Waals surface area contributed by atoms with Gasteiger partial charge in [0.15, 0.2) is 18.1 Å². The second-order valence-electron chi connectivity index (χ2n) is 5.46. The van der Waals surface area contributed by atoms with Crippen LogP contribution in [0.15, 0.2) is 36.4 Å². The Balaban J connectivity index is 2.02. The van der Waals surface area contributed by atoms with E-state index in [4.69, 9.17) is 26.8 Å². The number of hydrogen-bond donors (Lipinski definition) is 2. The van der Waals surface area contributed by atoms with E-state index in [9.17, 15) is 4.79 Å². The number of amides is 1. The summed E-state index contributed by atoms with van der Waals surface area (Å²) in [5.74, 6) is 0.216. The van der Waals surface area contributed by atoms with Gasteiger partial charge in [0.2, 0.25) is 0 Å². The monoisotopic (exact) mass is 348 g/mol. The largest absolute Gasteiger partial charge is 0.493 e. The summed E-state index contributed by atoms with van der Waals surface area (Å²) in [7, 11) is 1.52. The second kappa shape index (κ2) is 8.57. The third-order valence-electron chi connectivity index (χ3n) is 3.39. The first-order chi connectivity index (χ1) is 11.5. The molecule has 0 unspecified atom stereocenters. The highest BCUT2D eigenvalue weighted by Crippen LogP contribution is 2.36. The first kappa shape index (κ1) is 18.1. The molecule has 128 valence electrons. The predicted molar refractivity (Wildman–Crippen MR) is 94.4 cm³/mol. The molecule has 2 rings (SSSR count). The maximum atomic E-state index is 10.9. The van der Waals surface area contributed by atoms with Crippen LogP contribution >= 0.6 is 11.6 Å². The Morgan fingerprint density at radius 1 is 1.21 bits per heavy atom. The molecular weight excluding hydrogens is 328 g/mol. The number of benzene rings is 2. The van der Waals surface area contributed by atoms with Gasteiger partial charge in [-0.3, -0.25) is 4.79 Å². The van der Waals surface area contributed by atoms with Crippen molar-refractivity contribution in [2.24, 2.45) is 5.73 Å². The summed E-state index contributed by atoms with van der Waals surface area (Å²) >= 11 is 6.23. The number of rotatable bonds is 8. The number of nitrogens with two attached hydrogens (primary N) is 1. The SMILES string of the molecule is COc1cc(CNCc2cccc(C)c2)cc(Cl)c1OCC(N)=O. The fourth-order valence-electron chi connectivity index (χ4n) is 2.33. The molecule has 2 aromatic rings. The van der Waals surface area contributed by atoms with Crippen LogP contribution in [0, 0.1) is 6.92 Å². The number of carbonyl (C=O) groups is 1. The van der Waals surface area contributed by atoms with Crippen molar-refractivity contribution in [3.05, 3.63) is 58.1 Å². The summed E-state index contributed by atoms with van der Waals surface area (Å²) in [6.07, 6.45) is 0. The molecule has 1 amide bonds. The van der Waals surface area contributed by atoms with E-state index in [0.29, 0.717) is 23.1 Å². The maximum Gasteiger partial charge on any atom is 0.255 e. The molecule has 0 heterocycles. The Morgan fingerprint density at radius 2 is 1.96 bits per heavy atom. The van der Waals surface area contributed by atoms with Crippen LogP contribution in [-0.4, -0.2) is 19.6 Å². The third kappa shape index (κ3) is 5.15. The van der Waals surface area contributed by atoms with Gasteiger partial charge >= 0.3 is 0 Å². The highest BCUT2D eigenvalue weighted by Gasteiger charge is 2.13. The molecule has 0 aromatic heterocycles. The highest BCUT2D eigenvalue weighted by atomic mass is 35.5. The molecule has 0 bridgehead atoms. The summed E-state index contributed by atoms with van der Waals surface area (Å²) in [6, 6.07) is 11.9. The van der Waals surface area contributed by atoms with Crippen molar-refractivity contribution in [2.45, 2.75) is 20.0 Å². The Hall–Kier alpha value is -2.24. The molecule has 5 nitrogen and oxygen atoms in total. The Kier molecular flexibility index (Phi) is 6.46. The van der Waals surface area contributed by atoms with Crippen LogP contribution in [0.2, 0.25) is 5.02 Å². The Bertz CT molecular complexity index is 719. The van der Waals surface area contributed by atoms with Gasteiger partial charge in [-0.05, 0) is 30.2 Å². The molecule has 0 aliphatic carbocycles. The van der Waals surface area contributed by atoms with Crippen molar-refractivity contribution in [3.8, 4) is 11.5 Å². The van der Waals surface area contributed by atoms with Crippen molar-refractivity contribution >= 4 is 17.5 Å². The first-order valence-corrected chi connectivity index (χ1v) is 7.91. The molecule has 2 aromatic carbocycles. The van der Waals surface area contributed by atoms with Crippen LogP contribution in [0.1, 0.15) is 16.7 Å². The molecule has 0 spiro atoms. The molecule has 6 heteroatoms. The lowest BCUT2D eigenvalue weighted by Gasteiger charge is -2.14. The lowest BCUT2D eigenvalue weighted by Crippen LogP contribution is -2.20. The average Bonchev–Trinajstić information content (AvgIpc) is 2.53. The fraction of sp³-hybridized carbons (Fsp3) is 0.278. The normalized spacial score (nSPS) is 10.5. The summed E-state index contributed by atoms with van der Waals surface area (Å²) in [5.41, 5.74) is 8.49. The van der Waals surface area contributed by atoms with Crippen LogP contribution in [-0.2, 0) is 17.9 Å². The first-order valence-electron chi connectivity index (χ1n) is 7.53. The lowest BCUT2D eigenvalue weighted by atomic mass is 10.1. The Morgan fingerprint density at radius 3 is 2.62 bits per heavy atom. The number of methoxy groups -OCH3 is 1. The van der Waals surface area contributed by atoms with Crippen LogP contribution in [0.4, 0.5) is 0 Å². The molecule has 0 aliphatic heterocycles. The van der Waals surface area contributed by atoms with Gasteiger partial charge in [0, 0.05) is 13.1 Å². The van der Waals surface area contributed by atoms with Gasteiger partial charge in [-0.1, -0.05) is 41.4 Å². The van der Waals surface area contributed by atoms with Gasteiger partial charge in [-0.25, -0.2) is 0 Å². The quantitative estimate of drug-likeness (QED) is 0.769. The molecule has 0 saturated carbocycles. The molecule has 0 saturated heterocycles. The highest BCUT2D eigenvalue weighted by molar-refractivity contribution is 6.32. The van der Waals surface area contributed by atoms with Gasteiger partial charge in [0.05, 0.1) is 12.1 Å². The van der Waals surface area contributed by atoms with Gasteiger partial charge in [0.25, 0.3) is 5.91 Å². The third-order valence-corrected chi connectivity index (χ3v) is 3.67. The summed E-state index contributed by atoms with van der Waals surface area (Å²) < 4.78 is 10.6. The summed E-state index contributed by atoms with van der Waals surface area (Å²) in [5, 5.41) is 3.74. The number of ether oxygens (including phenoxy) is 2. The maximum absolute atomic E-state index is 10.9. The molecule has 0 fully saturated rings. The van der Waals surface area contributed by atoms with Crippen molar-refractivity contribution in [3.63, 3.8) is 0 Å². The number of nitrogens with one attached hydrogen (secondary N) is 1. The van der Waals surface area contributed by atoms with E-state index in [1.54, 1.807) is 6.07 Å². The van der Waals surface area contributed by atoms with Gasteiger partial charge in [0.1, 0.15) is 0 Å². The topological polar surface area (TPSA) is 73.6 Å². The summed E-state index contributed by atoms with van der Waals surface area (Å²) in [4.78, 5) is 10.9. The number of halogens is 1. The van der Waals surface area contributed by atoms with Crippen molar-refractivity contribution in [2.75, 3.05) is 13.7 Å². The van der Waals surface area contributed by atoms with Crippen molar-refractivity contribution in [1.29, 1.82) is 0 Å². The fourth-order valence-corrected chi connectivity index (χ4v) is 2.62. The average molecular weight is 349 g/mol. The van der Waals surface area contributed by atoms with Crippen molar-refractivity contribution < 1.29 is 14.3 Å². The standard InChI is InChI=1S/C18H21ClN2O3/c1-12-4-3-5-13(6-12)9-21-10-14-7-15(19)18(16(8-14)23-2)24-11-17(20)22/h3-8,21H,9-11H2,1-2H3,(H2,20,22). The van der Waals surface area contributed by atoms with Crippen LogP contribution < -0.4 is 20.5 Å². The van der Waals surface area contributed by atoms with Crippen molar-refractivity contribution in [1.82, 2.24) is 5.32 Å². The minimum absolute atomic E-state index is 0.249. The zero-order valence-electron chi connectivity index (χ0n) is 13.8. The van der Waals surface area contributed by atoms with Gasteiger partial charge in [-0.15, -0.1) is 0 Å². The molecule has 0 aliphatic rings. The van der Waals surface area contributed by atoms with E-state index >= 15 is 0 Å². The number of primary amides is 1. The predicted octanol–water partition coefficient (Wildman–Crippen LogP) is 2.81. The van der Waals surface area contributed by atoms with E-state index in [1.807, 2.05) is 12.1 Å². The molecule has 0 atom stereocenters.